The van der Waals surface area contributed by atoms with E-state index in [2.05, 4.69) is 15.4 Å². The monoisotopic (exact) mass is 205 g/mol. The number of hydrogen-bond donors (Lipinski definition) is 1. The van der Waals surface area contributed by atoms with Crippen LogP contribution in [0.15, 0.2) is 24.7 Å². The van der Waals surface area contributed by atoms with Crippen molar-refractivity contribution in [2.75, 3.05) is 11.9 Å². The lowest BCUT2D eigenvalue weighted by atomic mass is 10.4. The van der Waals surface area contributed by atoms with Crippen molar-refractivity contribution >= 4 is 5.82 Å². The summed E-state index contributed by atoms with van der Waals surface area (Å²) in [6.45, 7) is 0.849. The van der Waals surface area contributed by atoms with Gasteiger partial charge in [-0.2, -0.15) is 5.10 Å². The van der Waals surface area contributed by atoms with E-state index >= 15 is 0 Å². The lowest BCUT2D eigenvalue weighted by Gasteiger charge is -2.03. The molecule has 0 atom stereocenters. The zero-order valence-corrected chi connectivity index (χ0v) is 9.01. The lowest BCUT2D eigenvalue weighted by Crippen LogP contribution is -2.09. The fraction of sp³-hybridized carbons (Fsp3) is 0.400. The summed E-state index contributed by atoms with van der Waals surface area (Å²) in [7, 11) is 3.91. The summed E-state index contributed by atoms with van der Waals surface area (Å²) in [5, 5.41) is 7.48. The molecular formula is C10H15N5. The zero-order chi connectivity index (χ0) is 10.7. The van der Waals surface area contributed by atoms with Crippen LogP contribution >= 0.6 is 0 Å². The smallest absolute Gasteiger partial charge is 0.147 e. The average Bonchev–Trinajstić information content (AvgIpc) is 2.77. The van der Waals surface area contributed by atoms with Gasteiger partial charge in [0.05, 0.1) is 0 Å². The number of hydrogen-bond acceptors (Lipinski definition) is 3. The van der Waals surface area contributed by atoms with Crippen molar-refractivity contribution < 1.29 is 0 Å². The summed E-state index contributed by atoms with van der Waals surface area (Å²) in [6, 6.07) is 1.96. The van der Waals surface area contributed by atoms with Crippen LogP contribution in [0, 0.1) is 0 Å². The van der Waals surface area contributed by atoms with Crippen molar-refractivity contribution in [1.82, 2.24) is 19.3 Å². The summed E-state index contributed by atoms with van der Waals surface area (Å²) in [6.07, 6.45) is 6.59. The highest BCUT2D eigenvalue weighted by atomic mass is 15.3. The van der Waals surface area contributed by atoms with Crippen molar-refractivity contribution in [3.05, 3.63) is 30.5 Å². The van der Waals surface area contributed by atoms with Crippen LogP contribution in [0.4, 0.5) is 5.82 Å². The molecule has 0 aliphatic carbocycles. The van der Waals surface area contributed by atoms with Crippen molar-refractivity contribution in [3.8, 4) is 0 Å². The van der Waals surface area contributed by atoms with Crippen LogP contribution in [-0.2, 0) is 20.5 Å². The highest BCUT2D eigenvalue weighted by molar-refractivity contribution is 5.31. The Morgan fingerprint density at radius 1 is 1.33 bits per heavy atom. The van der Waals surface area contributed by atoms with E-state index in [1.54, 1.807) is 4.68 Å². The van der Waals surface area contributed by atoms with E-state index < -0.39 is 0 Å². The fourth-order valence-corrected chi connectivity index (χ4v) is 1.45. The van der Waals surface area contributed by atoms with Gasteiger partial charge in [-0.3, -0.25) is 4.68 Å². The Hall–Kier alpha value is -1.78. The van der Waals surface area contributed by atoms with Crippen molar-refractivity contribution in [1.29, 1.82) is 0 Å². The quantitative estimate of drug-likeness (QED) is 0.803. The van der Waals surface area contributed by atoms with Gasteiger partial charge in [0.2, 0.25) is 0 Å². The maximum atomic E-state index is 4.25. The first-order valence-corrected chi connectivity index (χ1v) is 4.95. The normalized spacial score (nSPS) is 10.5. The average molecular weight is 205 g/mol. The largest absolute Gasteiger partial charge is 0.368 e. The van der Waals surface area contributed by atoms with E-state index in [4.69, 9.17) is 0 Å². The van der Waals surface area contributed by atoms with Gasteiger partial charge in [0, 0.05) is 51.7 Å². The van der Waals surface area contributed by atoms with Crippen LogP contribution in [-0.4, -0.2) is 25.9 Å². The van der Waals surface area contributed by atoms with Crippen molar-refractivity contribution in [2.45, 2.75) is 6.42 Å². The van der Waals surface area contributed by atoms with Gasteiger partial charge < -0.3 is 9.88 Å². The second-order valence-electron chi connectivity index (χ2n) is 3.51. The molecule has 5 heteroatoms. The van der Waals surface area contributed by atoms with Gasteiger partial charge in [-0.15, -0.1) is 0 Å². The third-order valence-corrected chi connectivity index (χ3v) is 2.29. The molecule has 15 heavy (non-hydrogen) atoms. The zero-order valence-electron chi connectivity index (χ0n) is 9.01. The van der Waals surface area contributed by atoms with Crippen LogP contribution in [0.5, 0.6) is 0 Å². The summed E-state index contributed by atoms with van der Waals surface area (Å²) < 4.78 is 3.81. The number of nitrogens with zero attached hydrogens (tertiary/aromatic N) is 4. The van der Waals surface area contributed by atoms with Crippen LogP contribution in [0.1, 0.15) is 5.82 Å². The number of nitrogens with one attached hydrogen (secondary N) is 1. The molecule has 80 valence electrons. The minimum atomic E-state index is 0.849. The Balaban J connectivity index is 1.83. The minimum absolute atomic E-state index is 0.849. The molecule has 0 spiro atoms. The SMILES string of the molecule is Cn1ccc(NCCc2nccn2C)n1. The third-order valence-electron chi connectivity index (χ3n) is 2.29. The Labute approximate surface area is 88.7 Å². The minimum Gasteiger partial charge on any atom is -0.368 e. The van der Waals surface area contributed by atoms with E-state index in [0.29, 0.717) is 0 Å². The second-order valence-corrected chi connectivity index (χ2v) is 3.51. The summed E-state index contributed by atoms with van der Waals surface area (Å²) in [4.78, 5) is 4.25. The van der Waals surface area contributed by atoms with Gasteiger partial charge in [0.15, 0.2) is 0 Å². The van der Waals surface area contributed by atoms with Crippen LogP contribution in [0.3, 0.4) is 0 Å². The fourth-order valence-electron chi connectivity index (χ4n) is 1.45. The highest BCUT2D eigenvalue weighted by Crippen LogP contribution is 2.01. The molecule has 0 aliphatic rings. The van der Waals surface area contributed by atoms with Gasteiger partial charge in [-0.1, -0.05) is 0 Å². The van der Waals surface area contributed by atoms with Crippen LogP contribution < -0.4 is 5.32 Å². The van der Waals surface area contributed by atoms with E-state index in [1.165, 1.54) is 0 Å². The van der Waals surface area contributed by atoms with Crippen molar-refractivity contribution in [2.24, 2.45) is 14.1 Å². The summed E-state index contributed by atoms with van der Waals surface area (Å²) >= 11 is 0. The van der Waals surface area contributed by atoms with E-state index in [-0.39, 0.29) is 0 Å². The Morgan fingerprint density at radius 3 is 2.80 bits per heavy atom. The number of rotatable bonds is 4. The first kappa shape index (κ1) is 9.76. The molecule has 0 saturated carbocycles. The number of aryl methyl sites for hydroxylation is 2. The maximum absolute atomic E-state index is 4.25. The van der Waals surface area contributed by atoms with Gasteiger partial charge in [0.1, 0.15) is 11.6 Å². The molecular weight excluding hydrogens is 190 g/mol. The first-order chi connectivity index (χ1) is 7.25. The Morgan fingerprint density at radius 2 is 2.20 bits per heavy atom. The predicted molar refractivity (Wildman–Crippen MR) is 58.6 cm³/mol. The summed E-state index contributed by atoms with van der Waals surface area (Å²) in [5.41, 5.74) is 0. The van der Waals surface area contributed by atoms with E-state index in [1.807, 2.05) is 43.3 Å². The topological polar surface area (TPSA) is 47.7 Å². The molecule has 0 radical (unpaired) electrons. The molecule has 0 unspecified atom stereocenters. The molecule has 1 N–H and O–H groups in total. The standard InChI is InChI=1S/C10H15N5/c1-14-8-6-12-10(14)3-5-11-9-4-7-15(2)13-9/h4,6-8H,3,5H2,1-2H3,(H,11,13). The first-order valence-electron chi connectivity index (χ1n) is 4.95. The van der Waals surface area contributed by atoms with Gasteiger partial charge in [0.25, 0.3) is 0 Å². The van der Waals surface area contributed by atoms with Crippen LogP contribution in [0.25, 0.3) is 0 Å². The Bertz CT molecular complexity index is 428. The number of anilines is 1. The molecule has 0 bridgehead atoms. The van der Waals surface area contributed by atoms with Crippen molar-refractivity contribution in [3.63, 3.8) is 0 Å². The highest BCUT2D eigenvalue weighted by Gasteiger charge is 1.99. The van der Waals surface area contributed by atoms with E-state index in [9.17, 15) is 0 Å². The molecule has 5 nitrogen and oxygen atoms in total. The molecule has 0 fully saturated rings. The molecule has 0 aromatic carbocycles. The van der Waals surface area contributed by atoms with E-state index in [0.717, 1.165) is 24.6 Å². The molecule has 0 aliphatic heterocycles. The molecule has 2 heterocycles. The van der Waals surface area contributed by atoms with Gasteiger partial charge >= 0.3 is 0 Å². The third kappa shape index (κ3) is 2.37. The number of aromatic nitrogens is 4. The maximum Gasteiger partial charge on any atom is 0.147 e. The molecule has 0 saturated heterocycles. The van der Waals surface area contributed by atoms with Crippen LogP contribution in [0.2, 0.25) is 0 Å². The molecule has 2 rings (SSSR count). The lowest BCUT2D eigenvalue weighted by molar-refractivity contribution is 0.761. The molecule has 0 amide bonds. The number of imidazole rings is 1. The molecule has 2 aromatic rings. The van der Waals surface area contributed by atoms with Gasteiger partial charge in [-0.05, 0) is 0 Å². The summed E-state index contributed by atoms with van der Waals surface area (Å²) in [5.74, 6) is 1.99. The Kier molecular flexibility index (Phi) is 2.71. The van der Waals surface area contributed by atoms with Gasteiger partial charge in [-0.25, -0.2) is 4.98 Å². The molecule has 2 aromatic heterocycles. The predicted octanol–water partition coefficient (Wildman–Crippen LogP) is 0.808. The second kappa shape index (κ2) is 4.16.